The fourth-order valence-corrected chi connectivity index (χ4v) is 2.66. The first-order chi connectivity index (χ1) is 13.7. The molecule has 2 aliphatic heterocycles. The molecule has 0 aromatic heterocycles. The first-order valence-corrected chi connectivity index (χ1v) is 10.3. The molecule has 0 aliphatic carbocycles. The quantitative estimate of drug-likeness (QED) is 0.425. The van der Waals surface area contributed by atoms with Gasteiger partial charge in [-0.1, -0.05) is 35.1 Å². The lowest BCUT2D eigenvalue weighted by Gasteiger charge is -2.14. The maximum Gasteiger partial charge on any atom is 0.335 e. The lowest BCUT2D eigenvalue weighted by Crippen LogP contribution is -2.37. The van der Waals surface area contributed by atoms with Gasteiger partial charge in [0.2, 0.25) is 0 Å². The van der Waals surface area contributed by atoms with Crippen molar-refractivity contribution in [2.45, 2.75) is 59.6 Å². The second kappa shape index (κ2) is 10.9. The van der Waals surface area contributed by atoms with Crippen LogP contribution in [0.3, 0.4) is 0 Å². The van der Waals surface area contributed by atoms with Crippen molar-refractivity contribution in [2.24, 2.45) is 11.8 Å². The number of amides is 4. The van der Waals surface area contributed by atoms with Crippen LogP contribution in [-0.4, -0.2) is 63.9 Å². The van der Waals surface area contributed by atoms with E-state index in [1.54, 1.807) is 13.8 Å². The molecule has 0 spiro atoms. The molecule has 176 valence electrons. The van der Waals surface area contributed by atoms with Crippen molar-refractivity contribution in [3.63, 3.8) is 0 Å². The number of carbonyl (C=O) groups excluding carboxylic acids is 6. The van der Waals surface area contributed by atoms with Crippen molar-refractivity contribution < 1.29 is 51.4 Å². The van der Waals surface area contributed by atoms with Crippen LogP contribution >= 0.6 is 0 Å². The van der Waals surface area contributed by atoms with Crippen molar-refractivity contribution in [3.8, 4) is 0 Å². The molecule has 4 amide bonds. The van der Waals surface area contributed by atoms with Crippen molar-refractivity contribution >= 4 is 45.7 Å². The Bertz CT molecular complexity index is 847. The summed E-state index contributed by atoms with van der Waals surface area (Å²) in [6.07, 6.45) is -0.475. The minimum absolute atomic E-state index is 0. The van der Waals surface area contributed by atoms with E-state index in [1.807, 2.05) is 0 Å². The SMILES string of the molecule is C.CC(C)C(=O)ON1C(=O)CC(S(=O)(=O)O)C1=O.CC(C)C(=O)ON1C(=O)CCC1=O. The summed E-state index contributed by atoms with van der Waals surface area (Å²) in [7, 11) is -4.68. The number of carbonyl (C=O) groups is 6. The summed E-state index contributed by atoms with van der Waals surface area (Å²) in [6, 6.07) is 0. The van der Waals surface area contributed by atoms with E-state index in [1.165, 1.54) is 13.8 Å². The van der Waals surface area contributed by atoms with Gasteiger partial charge in [0, 0.05) is 12.8 Å². The minimum atomic E-state index is -4.68. The third-order valence-electron chi connectivity index (χ3n) is 3.73. The summed E-state index contributed by atoms with van der Waals surface area (Å²) in [6.45, 7) is 6.22. The Hall–Kier alpha value is -2.87. The summed E-state index contributed by atoms with van der Waals surface area (Å²) in [5.74, 6) is -5.47. The van der Waals surface area contributed by atoms with E-state index in [0.717, 1.165) is 0 Å². The van der Waals surface area contributed by atoms with Crippen molar-refractivity contribution in [2.75, 3.05) is 0 Å². The maximum atomic E-state index is 11.4. The summed E-state index contributed by atoms with van der Waals surface area (Å²) >= 11 is 0. The third-order valence-corrected chi connectivity index (χ3v) is 4.82. The van der Waals surface area contributed by atoms with E-state index >= 15 is 0 Å². The highest BCUT2D eigenvalue weighted by atomic mass is 32.2. The van der Waals surface area contributed by atoms with Gasteiger partial charge in [-0.15, -0.1) is 10.1 Å². The van der Waals surface area contributed by atoms with Gasteiger partial charge in [-0.3, -0.25) is 23.7 Å². The molecular formula is C17H26N2O11S. The molecule has 0 saturated carbocycles. The fourth-order valence-electron chi connectivity index (χ4n) is 1.96. The summed E-state index contributed by atoms with van der Waals surface area (Å²) < 4.78 is 30.2. The lowest BCUT2D eigenvalue weighted by molar-refractivity contribution is -0.199. The Balaban J connectivity index is 0.000000581. The van der Waals surface area contributed by atoms with Gasteiger partial charge in [-0.25, -0.2) is 9.59 Å². The number of hydroxylamine groups is 4. The second-order valence-corrected chi connectivity index (χ2v) is 8.54. The van der Waals surface area contributed by atoms with E-state index < -0.39 is 63.3 Å². The zero-order valence-corrected chi connectivity index (χ0v) is 17.5. The van der Waals surface area contributed by atoms with Gasteiger partial charge in [0.1, 0.15) is 0 Å². The third kappa shape index (κ3) is 7.40. The Morgan fingerprint density at radius 3 is 1.58 bits per heavy atom. The lowest BCUT2D eigenvalue weighted by atomic mass is 10.2. The summed E-state index contributed by atoms with van der Waals surface area (Å²) in [5.41, 5.74) is 0. The molecule has 2 saturated heterocycles. The van der Waals surface area contributed by atoms with Crippen molar-refractivity contribution in [1.82, 2.24) is 10.1 Å². The molecule has 0 aromatic carbocycles. The van der Waals surface area contributed by atoms with Gasteiger partial charge in [0.15, 0.2) is 5.25 Å². The van der Waals surface area contributed by atoms with Crippen LogP contribution in [0.15, 0.2) is 0 Å². The molecule has 1 atom stereocenters. The molecule has 0 radical (unpaired) electrons. The zero-order valence-electron chi connectivity index (χ0n) is 16.7. The van der Waals surface area contributed by atoms with Crippen LogP contribution in [0.1, 0.15) is 54.4 Å². The molecule has 31 heavy (non-hydrogen) atoms. The second-order valence-electron chi connectivity index (χ2n) is 6.95. The number of nitrogens with zero attached hydrogens (tertiary/aromatic N) is 2. The van der Waals surface area contributed by atoms with Crippen LogP contribution in [0.4, 0.5) is 0 Å². The monoisotopic (exact) mass is 466 g/mol. The Labute approximate surface area is 179 Å². The minimum Gasteiger partial charge on any atom is -0.330 e. The van der Waals surface area contributed by atoms with Crippen LogP contribution in [0, 0.1) is 11.8 Å². The van der Waals surface area contributed by atoms with Crippen LogP contribution < -0.4 is 0 Å². The van der Waals surface area contributed by atoms with Gasteiger partial charge in [0.05, 0.1) is 18.3 Å². The smallest absolute Gasteiger partial charge is 0.330 e. The van der Waals surface area contributed by atoms with Gasteiger partial charge < -0.3 is 9.68 Å². The highest BCUT2D eigenvalue weighted by Gasteiger charge is 2.48. The van der Waals surface area contributed by atoms with Gasteiger partial charge in [-0.05, 0) is 0 Å². The van der Waals surface area contributed by atoms with E-state index in [9.17, 15) is 37.2 Å². The Morgan fingerprint density at radius 1 is 0.871 bits per heavy atom. The molecule has 0 aromatic rings. The van der Waals surface area contributed by atoms with Gasteiger partial charge in [0.25, 0.3) is 33.7 Å². The van der Waals surface area contributed by atoms with Crippen LogP contribution in [-0.2, 0) is 48.6 Å². The normalized spacial score (nSPS) is 18.7. The molecule has 2 fully saturated rings. The first-order valence-electron chi connectivity index (χ1n) is 8.79. The van der Waals surface area contributed by atoms with Crippen molar-refractivity contribution in [1.29, 1.82) is 0 Å². The largest absolute Gasteiger partial charge is 0.335 e. The molecule has 14 heteroatoms. The number of hydrogen-bond donors (Lipinski definition) is 1. The number of rotatable bonds is 5. The van der Waals surface area contributed by atoms with Crippen LogP contribution in [0.25, 0.3) is 0 Å². The van der Waals surface area contributed by atoms with Crippen LogP contribution in [0.5, 0.6) is 0 Å². The van der Waals surface area contributed by atoms with Crippen LogP contribution in [0.2, 0.25) is 0 Å². The molecule has 13 nitrogen and oxygen atoms in total. The topological polar surface area (TPSA) is 182 Å². The molecular weight excluding hydrogens is 440 g/mol. The van der Waals surface area contributed by atoms with E-state index in [2.05, 4.69) is 9.68 Å². The summed E-state index contributed by atoms with van der Waals surface area (Å²) in [4.78, 5) is 75.8. The molecule has 2 heterocycles. The predicted octanol–water partition coefficient (Wildman–Crippen LogP) is 0.00160. The standard InChI is InChI=1S/C8H11NO7S.C8H11NO4.CH4/c1-4(2)8(12)16-9-6(10)3-5(7(9)11)17(13,14)15;1-5(2)8(12)13-9-6(10)3-4-7(9)11;/h4-5H,3H2,1-2H3,(H,13,14,15);5H,3-4H2,1-2H3;1H4. The highest BCUT2D eigenvalue weighted by molar-refractivity contribution is 7.87. The van der Waals surface area contributed by atoms with E-state index in [0.29, 0.717) is 5.06 Å². The highest BCUT2D eigenvalue weighted by Crippen LogP contribution is 2.20. The number of hydrogen-bond acceptors (Lipinski definition) is 10. The zero-order chi connectivity index (χ0) is 23.4. The molecule has 0 bridgehead atoms. The molecule has 2 rings (SSSR count). The molecule has 1 unspecified atom stereocenters. The predicted molar refractivity (Wildman–Crippen MR) is 101 cm³/mol. The molecule has 1 N–H and O–H groups in total. The Kier molecular flexibility index (Phi) is 9.94. The average molecular weight is 466 g/mol. The first kappa shape index (κ1) is 28.1. The number of imide groups is 2. The van der Waals surface area contributed by atoms with Gasteiger partial charge >= 0.3 is 11.9 Å². The Morgan fingerprint density at radius 2 is 1.26 bits per heavy atom. The summed E-state index contributed by atoms with van der Waals surface area (Å²) in [5, 5.41) is -1.25. The fraction of sp³-hybridized carbons (Fsp3) is 0.647. The van der Waals surface area contributed by atoms with Gasteiger partial charge in [-0.2, -0.15) is 8.42 Å². The van der Waals surface area contributed by atoms with E-state index in [4.69, 9.17) is 4.55 Å². The maximum absolute atomic E-state index is 11.4. The van der Waals surface area contributed by atoms with Crippen molar-refractivity contribution in [3.05, 3.63) is 0 Å². The van der Waals surface area contributed by atoms with E-state index in [-0.39, 0.29) is 31.2 Å². The average Bonchev–Trinajstić information content (AvgIpc) is 3.09. The molecule has 2 aliphatic rings.